The van der Waals surface area contributed by atoms with E-state index in [1.807, 2.05) is 34.6 Å². The van der Waals surface area contributed by atoms with Crippen LogP contribution in [0, 0.1) is 0 Å². The second-order valence-corrected chi connectivity index (χ2v) is 8.53. The Morgan fingerprint density at radius 1 is 0.963 bits per heavy atom. The first-order valence-corrected chi connectivity index (χ1v) is 9.72. The molecule has 0 N–H and O–H groups in total. The van der Waals surface area contributed by atoms with Gasteiger partial charge in [0.15, 0.2) is 10.9 Å². The lowest BCUT2D eigenvalue weighted by Gasteiger charge is -2.32. The average Bonchev–Trinajstić information content (AvgIpc) is 2.80. The molecule has 0 unspecified atom stereocenters. The van der Waals surface area contributed by atoms with Gasteiger partial charge in [0.1, 0.15) is 0 Å². The molecule has 9 heteroatoms. The van der Waals surface area contributed by atoms with Gasteiger partial charge in [-0.3, -0.25) is 0 Å². The van der Waals surface area contributed by atoms with Crippen molar-refractivity contribution in [3.05, 3.63) is 39.0 Å². The number of aromatic nitrogens is 2. The maximum atomic E-state index is 6.42. The lowest BCUT2D eigenvalue weighted by Crippen LogP contribution is -2.41. The maximum Gasteiger partial charge on any atom is 0.494 e. The lowest BCUT2D eigenvalue weighted by atomic mass is 9.79. The van der Waals surface area contributed by atoms with E-state index in [1.165, 1.54) is 0 Å². The average molecular weight is 430 g/mol. The molecule has 3 rings (SSSR count). The molecule has 1 saturated heterocycles. The monoisotopic (exact) mass is 428 g/mol. The molecule has 1 aromatic heterocycles. The molecule has 0 amide bonds. The maximum absolute atomic E-state index is 6.42. The van der Waals surface area contributed by atoms with Crippen molar-refractivity contribution in [3.63, 3.8) is 0 Å². The van der Waals surface area contributed by atoms with E-state index in [2.05, 4.69) is 10.2 Å². The number of halogens is 3. The van der Waals surface area contributed by atoms with Gasteiger partial charge in [-0.2, -0.15) is 0 Å². The van der Waals surface area contributed by atoms with Crippen LogP contribution in [-0.4, -0.2) is 28.5 Å². The van der Waals surface area contributed by atoms with Crippen LogP contribution in [0.1, 0.15) is 40.2 Å². The van der Waals surface area contributed by atoms with E-state index in [-0.39, 0.29) is 11.6 Å². The fourth-order valence-corrected chi connectivity index (χ4v) is 3.40. The molecule has 1 aliphatic rings. The summed E-state index contributed by atoms with van der Waals surface area (Å²) in [6.07, 6.45) is 0.701. The third-order valence-corrected chi connectivity index (χ3v) is 5.81. The molecule has 144 valence electrons. The van der Waals surface area contributed by atoms with Crippen LogP contribution in [0.25, 0.3) is 0 Å². The highest BCUT2D eigenvalue weighted by atomic mass is 35.5. The quantitative estimate of drug-likeness (QED) is 0.634. The number of rotatable bonds is 4. The predicted molar refractivity (Wildman–Crippen MR) is 109 cm³/mol. The standard InChI is InChI=1S/C18H20BCl3N2O3/c1-6-10-7-14(23-24-16(10)22)25-15-12(20)8-11(9-13(15)21)19-26-17(2,3)18(4,5)27-19/h7-9H,6H2,1-5H3. The Labute approximate surface area is 174 Å². The van der Waals surface area contributed by atoms with Crippen molar-refractivity contribution in [1.29, 1.82) is 0 Å². The molecule has 0 saturated carbocycles. The Hall–Kier alpha value is -1.05. The van der Waals surface area contributed by atoms with Gasteiger partial charge >= 0.3 is 7.12 Å². The van der Waals surface area contributed by atoms with E-state index in [1.54, 1.807) is 18.2 Å². The van der Waals surface area contributed by atoms with E-state index >= 15 is 0 Å². The number of nitrogens with zero attached hydrogens (tertiary/aromatic N) is 2. The minimum Gasteiger partial charge on any atom is -0.434 e. The Bertz CT molecular complexity index is 838. The highest BCUT2D eigenvalue weighted by Gasteiger charge is 2.51. The van der Waals surface area contributed by atoms with E-state index in [9.17, 15) is 0 Å². The van der Waals surface area contributed by atoms with Crippen LogP contribution < -0.4 is 10.2 Å². The van der Waals surface area contributed by atoms with Gasteiger partial charge in [0.05, 0.1) is 21.2 Å². The zero-order chi connectivity index (χ0) is 20.0. The van der Waals surface area contributed by atoms with Crippen molar-refractivity contribution >= 4 is 47.4 Å². The van der Waals surface area contributed by atoms with Crippen molar-refractivity contribution < 1.29 is 14.0 Å². The van der Waals surface area contributed by atoms with E-state index < -0.39 is 18.3 Å². The first kappa shape index (κ1) is 20.7. The molecule has 1 aromatic carbocycles. The van der Waals surface area contributed by atoms with Crippen LogP contribution in [0.4, 0.5) is 0 Å². The van der Waals surface area contributed by atoms with Crippen molar-refractivity contribution in [3.8, 4) is 11.6 Å². The molecule has 5 nitrogen and oxygen atoms in total. The number of benzene rings is 1. The topological polar surface area (TPSA) is 53.5 Å². The van der Waals surface area contributed by atoms with Crippen molar-refractivity contribution in [2.45, 2.75) is 52.2 Å². The minimum atomic E-state index is -0.568. The molecule has 1 fully saturated rings. The fourth-order valence-electron chi connectivity index (χ4n) is 2.59. The third-order valence-electron chi connectivity index (χ3n) is 4.93. The van der Waals surface area contributed by atoms with Crippen LogP contribution in [0.3, 0.4) is 0 Å². The molecule has 0 aliphatic carbocycles. The zero-order valence-electron chi connectivity index (χ0n) is 15.8. The smallest absolute Gasteiger partial charge is 0.434 e. The van der Waals surface area contributed by atoms with E-state index in [4.69, 9.17) is 48.8 Å². The predicted octanol–water partition coefficient (Wildman–Crippen LogP) is 5.09. The van der Waals surface area contributed by atoms with Gasteiger partial charge in [0.2, 0.25) is 5.88 Å². The van der Waals surface area contributed by atoms with Gasteiger partial charge in [-0.05, 0) is 57.3 Å². The first-order valence-electron chi connectivity index (χ1n) is 8.58. The summed E-state index contributed by atoms with van der Waals surface area (Å²) in [6, 6.07) is 5.15. The molecule has 1 aliphatic heterocycles. The highest BCUT2D eigenvalue weighted by molar-refractivity contribution is 6.63. The van der Waals surface area contributed by atoms with Crippen molar-refractivity contribution in [2.75, 3.05) is 0 Å². The number of hydrogen-bond acceptors (Lipinski definition) is 5. The Morgan fingerprint density at radius 3 is 2.04 bits per heavy atom. The third kappa shape index (κ3) is 4.05. The van der Waals surface area contributed by atoms with Gasteiger partial charge in [0, 0.05) is 6.07 Å². The Morgan fingerprint density at radius 2 is 1.52 bits per heavy atom. The molecular formula is C18H20BCl3N2O3. The second-order valence-electron chi connectivity index (χ2n) is 7.36. The normalized spacial score (nSPS) is 18.0. The van der Waals surface area contributed by atoms with Crippen LogP contribution in [-0.2, 0) is 15.7 Å². The molecule has 0 spiro atoms. The zero-order valence-corrected chi connectivity index (χ0v) is 18.0. The molecule has 27 heavy (non-hydrogen) atoms. The summed E-state index contributed by atoms with van der Waals surface area (Å²) >= 11 is 18.8. The van der Waals surface area contributed by atoms with Crippen LogP contribution in [0.5, 0.6) is 11.6 Å². The Kier molecular flexibility index (Phi) is 5.68. The van der Waals surface area contributed by atoms with E-state index in [0.29, 0.717) is 27.1 Å². The number of hydrogen-bond donors (Lipinski definition) is 0. The molecule has 0 bridgehead atoms. The SMILES string of the molecule is CCc1cc(Oc2c(Cl)cc(B3OC(C)(C)C(C)(C)O3)cc2Cl)nnc1Cl. The van der Waals surface area contributed by atoms with Crippen molar-refractivity contribution in [2.24, 2.45) is 0 Å². The molecule has 0 atom stereocenters. The summed E-state index contributed by atoms with van der Waals surface area (Å²) in [5.41, 5.74) is 0.623. The van der Waals surface area contributed by atoms with Gasteiger partial charge in [-0.15, -0.1) is 10.2 Å². The van der Waals surface area contributed by atoms with Gasteiger partial charge in [-0.25, -0.2) is 0 Å². The molecule has 0 radical (unpaired) electrons. The fraction of sp³-hybridized carbons (Fsp3) is 0.444. The molecule has 2 aromatic rings. The molecular weight excluding hydrogens is 409 g/mol. The van der Waals surface area contributed by atoms with Gasteiger partial charge in [0.25, 0.3) is 0 Å². The number of aryl methyl sites for hydroxylation is 1. The van der Waals surface area contributed by atoms with Gasteiger partial charge in [-0.1, -0.05) is 41.7 Å². The second kappa shape index (κ2) is 7.41. The minimum absolute atomic E-state index is 0.267. The summed E-state index contributed by atoms with van der Waals surface area (Å²) in [5, 5.41) is 8.80. The molecule has 2 heterocycles. The van der Waals surface area contributed by atoms with Crippen LogP contribution in [0.2, 0.25) is 15.2 Å². The van der Waals surface area contributed by atoms with Gasteiger partial charge < -0.3 is 14.0 Å². The first-order chi connectivity index (χ1) is 12.5. The Balaban J connectivity index is 1.88. The summed E-state index contributed by atoms with van der Waals surface area (Å²) in [7, 11) is -0.568. The van der Waals surface area contributed by atoms with Crippen molar-refractivity contribution in [1.82, 2.24) is 10.2 Å². The summed E-state index contributed by atoms with van der Waals surface area (Å²) < 4.78 is 17.8. The lowest BCUT2D eigenvalue weighted by molar-refractivity contribution is 0.00578. The highest BCUT2D eigenvalue weighted by Crippen LogP contribution is 2.39. The summed E-state index contributed by atoms with van der Waals surface area (Å²) in [5.74, 6) is 0.556. The van der Waals surface area contributed by atoms with Crippen LogP contribution >= 0.6 is 34.8 Å². The van der Waals surface area contributed by atoms with Crippen LogP contribution in [0.15, 0.2) is 18.2 Å². The largest absolute Gasteiger partial charge is 0.494 e. The number of ether oxygens (including phenoxy) is 1. The summed E-state index contributed by atoms with van der Waals surface area (Å²) in [6.45, 7) is 9.90. The summed E-state index contributed by atoms with van der Waals surface area (Å²) in [4.78, 5) is 0. The van der Waals surface area contributed by atoms with E-state index in [0.717, 1.165) is 5.56 Å².